The molecule has 0 atom stereocenters. The lowest BCUT2D eigenvalue weighted by Gasteiger charge is -2.26. The molecule has 16 heavy (non-hydrogen) atoms. The molecule has 0 radical (unpaired) electrons. The Labute approximate surface area is 96.5 Å². The second kappa shape index (κ2) is 5.61. The standard InChI is InChI=1S/C12H19N3O/c1-9(2)15(8-6-13)12(16)11-10(3)5-4-7-14-11/h4-5,7,9H,6,8,13H2,1-3H3. The van der Waals surface area contributed by atoms with Crippen LogP contribution in [0, 0.1) is 6.92 Å². The zero-order valence-corrected chi connectivity index (χ0v) is 10.1. The first kappa shape index (κ1) is 12.6. The summed E-state index contributed by atoms with van der Waals surface area (Å²) in [6.45, 7) is 6.88. The van der Waals surface area contributed by atoms with Crippen molar-refractivity contribution in [3.63, 3.8) is 0 Å². The highest BCUT2D eigenvalue weighted by Crippen LogP contribution is 2.09. The van der Waals surface area contributed by atoms with Crippen molar-refractivity contribution in [2.24, 2.45) is 5.73 Å². The van der Waals surface area contributed by atoms with Gasteiger partial charge in [0.15, 0.2) is 0 Å². The number of pyridine rings is 1. The van der Waals surface area contributed by atoms with Crippen LogP contribution in [0.5, 0.6) is 0 Å². The predicted octanol–water partition coefficient (Wildman–Crippen LogP) is 1.20. The lowest BCUT2D eigenvalue weighted by Crippen LogP contribution is -2.41. The number of amides is 1. The van der Waals surface area contributed by atoms with Crippen LogP contribution in [0.3, 0.4) is 0 Å². The fourth-order valence-electron chi connectivity index (χ4n) is 1.58. The lowest BCUT2D eigenvalue weighted by molar-refractivity contribution is 0.0705. The normalized spacial score (nSPS) is 10.6. The molecular weight excluding hydrogens is 202 g/mol. The molecule has 0 bridgehead atoms. The molecule has 0 saturated heterocycles. The van der Waals surface area contributed by atoms with E-state index >= 15 is 0 Å². The average molecular weight is 221 g/mol. The van der Waals surface area contributed by atoms with Gasteiger partial charge in [0, 0.05) is 25.3 Å². The molecule has 4 heteroatoms. The SMILES string of the molecule is Cc1cccnc1C(=O)N(CCN)C(C)C. The highest BCUT2D eigenvalue weighted by Gasteiger charge is 2.20. The Morgan fingerprint density at radius 2 is 2.25 bits per heavy atom. The Balaban J connectivity index is 2.95. The number of carbonyl (C=O) groups is 1. The third-order valence-electron chi connectivity index (χ3n) is 2.47. The average Bonchev–Trinajstić information content (AvgIpc) is 2.25. The number of rotatable bonds is 4. The van der Waals surface area contributed by atoms with Gasteiger partial charge in [0.2, 0.25) is 0 Å². The minimum atomic E-state index is -0.0430. The molecule has 0 unspecified atom stereocenters. The van der Waals surface area contributed by atoms with Crippen LogP contribution >= 0.6 is 0 Å². The number of aromatic nitrogens is 1. The fraction of sp³-hybridized carbons (Fsp3) is 0.500. The van der Waals surface area contributed by atoms with E-state index in [9.17, 15) is 4.79 Å². The van der Waals surface area contributed by atoms with Crippen LogP contribution in [0.4, 0.5) is 0 Å². The van der Waals surface area contributed by atoms with Crippen molar-refractivity contribution in [1.29, 1.82) is 0 Å². The molecule has 1 heterocycles. The Morgan fingerprint density at radius 3 is 2.75 bits per heavy atom. The van der Waals surface area contributed by atoms with E-state index in [2.05, 4.69) is 4.98 Å². The first-order valence-corrected chi connectivity index (χ1v) is 5.50. The van der Waals surface area contributed by atoms with Crippen molar-refractivity contribution in [3.05, 3.63) is 29.6 Å². The van der Waals surface area contributed by atoms with E-state index in [0.29, 0.717) is 18.8 Å². The van der Waals surface area contributed by atoms with E-state index < -0.39 is 0 Å². The summed E-state index contributed by atoms with van der Waals surface area (Å²) in [6, 6.07) is 3.85. The molecule has 1 aromatic heterocycles. The summed E-state index contributed by atoms with van der Waals surface area (Å²) in [5, 5.41) is 0. The summed E-state index contributed by atoms with van der Waals surface area (Å²) in [5.41, 5.74) is 6.92. The largest absolute Gasteiger partial charge is 0.334 e. The fourth-order valence-corrected chi connectivity index (χ4v) is 1.58. The maximum atomic E-state index is 12.2. The van der Waals surface area contributed by atoms with Crippen LogP contribution in [0.25, 0.3) is 0 Å². The molecule has 2 N–H and O–H groups in total. The van der Waals surface area contributed by atoms with Crippen LogP contribution in [-0.2, 0) is 0 Å². The molecule has 0 fully saturated rings. The molecular formula is C12H19N3O. The second-order valence-corrected chi connectivity index (χ2v) is 4.05. The molecule has 4 nitrogen and oxygen atoms in total. The van der Waals surface area contributed by atoms with Crippen molar-refractivity contribution in [2.75, 3.05) is 13.1 Å². The molecule has 1 rings (SSSR count). The quantitative estimate of drug-likeness (QED) is 0.831. The van der Waals surface area contributed by atoms with Gasteiger partial charge in [-0.2, -0.15) is 0 Å². The lowest BCUT2D eigenvalue weighted by atomic mass is 10.2. The number of hydrogen-bond donors (Lipinski definition) is 1. The third kappa shape index (κ3) is 2.79. The summed E-state index contributed by atoms with van der Waals surface area (Å²) in [5.74, 6) is -0.0430. The van der Waals surface area contributed by atoms with E-state index in [1.807, 2.05) is 32.9 Å². The van der Waals surface area contributed by atoms with Crippen LogP contribution in [0.15, 0.2) is 18.3 Å². The number of hydrogen-bond acceptors (Lipinski definition) is 3. The van der Waals surface area contributed by atoms with Gasteiger partial charge in [-0.15, -0.1) is 0 Å². The maximum absolute atomic E-state index is 12.2. The molecule has 1 amide bonds. The van der Waals surface area contributed by atoms with Crippen LogP contribution < -0.4 is 5.73 Å². The smallest absolute Gasteiger partial charge is 0.272 e. The Hall–Kier alpha value is -1.42. The van der Waals surface area contributed by atoms with E-state index in [1.165, 1.54) is 0 Å². The van der Waals surface area contributed by atoms with Crippen LogP contribution in [0.2, 0.25) is 0 Å². The molecule has 0 aromatic carbocycles. The van der Waals surface area contributed by atoms with E-state index in [-0.39, 0.29) is 11.9 Å². The van der Waals surface area contributed by atoms with Gasteiger partial charge in [0.1, 0.15) is 5.69 Å². The predicted molar refractivity (Wildman–Crippen MR) is 64.2 cm³/mol. The van der Waals surface area contributed by atoms with Gasteiger partial charge in [-0.25, -0.2) is 0 Å². The number of aryl methyl sites for hydroxylation is 1. The van der Waals surface area contributed by atoms with Crippen LogP contribution in [0.1, 0.15) is 29.9 Å². The van der Waals surface area contributed by atoms with Gasteiger partial charge >= 0.3 is 0 Å². The molecule has 0 aliphatic heterocycles. The van der Waals surface area contributed by atoms with E-state index in [1.54, 1.807) is 11.1 Å². The minimum Gasteiger partial charge on any atom is -0.334 e. The highest BCUT2D eigenvalue weighted by atomic mass is 16.2. The molecule has 0 aliphatic carbocycles. The topological polar surface area (TPSA) is 59.2 Å². The Morgan fingerprint density at radius 1 is 1.56 bits per heavy atom. The molecule has 0 spiro atoms. The third-order valence-corrected chi connectivity index (χ3v) is 2.47. The zero-order chi connectivity index (χ0) is 12.1. The molecule has 1 aromatic rings. The van der Waals surface area contributed by atoms with Crippen LogP contribution in [-0.4, -0.2) is 34.9 Å². The first-order chi connectivity index (χ1) is 7.57. The van der Waals surface area contributed by atoms with Gasteiger partial charge in [0.05, 0.1) is 0 Å². The number of carbonyl (C=O) groups excluding carboxylic acids is 1. The van der Waals surface area contributed by atoms with Crippen molar-refractivity contribution >= 4 is 5.91 Å². The van der Waals surface area contributed by atoms with Crippen molar-refractivity contribution in [1.82, 2.24) is 9.88 Å². The van der Waals surface area contributed by atoms with E-state index in [4.69, 9.17) is 5.73 Å². The molecule has 0 aliphatic rings. The Bertz CT molecular complexity index is 363. The van der Waals surface area contributed by atoms with Gasteiger partial charge in [-0.05, 0) is 32.4 Å². The first-order valence-electron chi connectivity index (χ1n) is 5.50. The summed E-state index contributed by atoms with van der Waals surface area (Å²) >= 11 is 0. The molecule has 88 valence electrons. The summed E-state index contributed by atoms with van der Waals surface area (Å²) < 4.78 is 0. The summed E-state index contributed by atoms with van der Waals surface area (Å²) in [6.07, 6.45) is 1.64. The minimum absolute atomic E-state index is 0.0430. The number of nitrogens with two attached hydrogens (primary N) is 1. The maximum Gasteiger partial charge on any atom is 0.272 e. The Kier molecular flexibility index (Phi) is 4.43. The highest BCUT2D eigenvalue weighted by molar-refractivity contribution is 5.93. The van der Waals surface area contributed by atoms with E-state index in [0.717, 1.165) is 5.56 Å². The molecule has 0 saturated carbocycles. The second-order valence-electron chi connectivity index (χ2n) is 4.05. The summed E-state index contributed by atoms with van der Waals surface area (Å²) in [7, 11) is 0. The van der Waals surface area contributed by atoms with Gasteiger partial charge in [-0.3, -0.25) is 9.78 Å². The van der Waals surface area contributed by atoms with Gasteiger partial charge in [0.25, 0.3) is 5.91 Å². The van der Waals surface area contributed by atoms with Crippen molar-refractivity contribution in [3.8, 4) is 0 Å². The number of nitrogens with zero attached hydrogens (tertiary/aromatic N) is 2. The summed E-state index contributed by atoms with van der Waals surface area (Å²) in [4.78, 5) is 18.1. The monoisotopic (exact) mass is 221 g/mol. The van der Waals surface area contributed by atoms with Crippen molar-refractivity contribution in [2.45, 2.75) is 26.8 Å². The zero-order valence-electron chi connectivity index (χ0n) is 10.1. The van der Waals surface area contributed by atoms with Gasteiger partial charge in [-0.1, -0.05) is 6.07 Å². The van der Waals surface area contributed by atoms with Gasteiger partial charge < -0.3 is 10.6 Å². The van der Waals surface area contributed by atoms with Crippen molar-refractivity contribution < 1.29 is 4.79 Å².